The first-order valence-corrected chi connectivity index (χ1v) is 12.6. The lowest BCUT2D eigenvalue weighted by atomic mass is 9.79. The van der Waals surface area contributed by atoms with Gasteiger partial charge in [0.15, 0.2) is 0 Å². The Morgan fingerprint density at radius 3 is 2.68 bits per heavy atom. The third kappa shape index (κ3) is 5.15. The molecule has 1 unspecified atom stereocenters. The molecule has 5 rings (SSSR count). The molecule has 2 fully saturated rings. The van der Waals surface area contributed by atoms with Gasteiger partial charge in [-0.25, -0.2) is 0 Å². The van der Waals surface area contributed by atoms with E-state index in [1.54, 1.807) is 0 Å². The average molecular weight is 419 g/mol. The van der Waals surface area contributed by atoms with Gasteiger partial charge in [0.25, 0.3) is 0 Å². The third-order valence-electron chi connectivity index (χ3n) is 7.75. The molecule has 1 saturated heterocycles. The maximum Gasteiger partial charge on any atom is 0.127 e. The minimum Gasteiger partial charge on any atom is -0.485 e. The van der Waals surface area contributed by atoms with E-state index in [4.69, 9.17) is 10.5 Å². The SMILES string of the molecule is N[C@H]1CCCC(C[C@@H]2Cc3ccccc3[C@H]2Oc2cccc(CN3CCCCC3)c2)C1. The number of nitrogens with two attached hydrogens (primary N) is 1. The smallest absolute Gasteiger partial charge is 0.127 e. The molecule has 1 heterocycles. The lowest BCUT2D eigenvalue weighted by Gasteiger charge is -2.31. The van der Waals surface area contributed by atoms with Gasteiger partial charge in [0.2, 0.25) is 0 Å². The van der Waals surface area contributed by atoms with Crippen LogP contribution >= 0.6 is 0 Å². The van der Waals surface area contributed by atoms with E-state index in [1.807, 2.05) is 0 Å². The van der Waals surface area contributed by atoms with Crippen molar-refractivity contribution in [3.05, 3.63) is 65.2 Å². The molecule has 3 aliphatic rings. The molecule has 0 amide bonds. The van der Waals surface area contributed by atoms with Crippen LogP contribution < -0.4 is 10.5 Å². The van der Waals surface area contributed by atoms with Gasteiger partial charge >= 0.3 is 0 Å². The molecular weight excluding hydrogens is 380 g/mol. The summed E-state index contributed by atoms with van der Waals surface area (Å²) < 4.78 is 6.76. The fourth-order valence-corrected chi connectivity index (χ4v) is 6.22. The van der Waals surface area contributed by atoms with Crippen molar-refractivity contribution in [2.45, 2.75) is 76.5 Å². The van der Waals surface area contributed by atoms with E-state index in [1.165, 1.54) is 81.1 Å². The highest BCUT2D eigenvalue weighted by atomic mass is 16.5. The highest BCUT2D eigenvalue weighted by Gasteiger charge is 2.36. The topological polar surface area (TPSA) is 38.5 Å². The van der Waals surface area contributed by atoms with Gasteiger partial charge in [-0.3, -0.25) is 4.90 Å². The monoisotopic (exact) mass is 418 g/mol. The Hall–Kier alpha value is -1.84. The molecule has 2 N–H and O–H groups in total. The fraction of sp³-hybridized carbons (Fsp3) is 0.571. The van der Waals surface area contributed by atoms with E-state index in [0.717, 1.165) is 24.6 Å². The Morgan fingerprint density at radius 1 is 0.935 bits per heavy atom. The number of ether oxygens (including phenoxy) is 1. The first kappa shape index (κ1) is 21.0. The molecule has 0 aromatic heterocycles. The molecule has 3 nitrogen and oxygen atoms in total. The number of fused-ring (bicyclic) bond motifs is 1. The van der Waals surface area contributed by atoms with E-state index >= 15 is 0 Å². The lowest BCUT2D eigenvalue weighted by molar-refractivity contribution is 0.122. The number of likely N-dealkylation sites (tertiary alicyclic amines) is 1. The summed E-state index contributed by atoms with van der Waals surface area (Å²) in [6.07, 6.45) is 11.6. The first-order chi connectivity index (χ1) is 15.2. The standard InChI is InChI=1S/C28H38N2O/c29-25-11-6-8-21(17-25)16-24-19-23-10-2-3-13-27(23)28(24)31-26-12-7-9-22(18-26)20-30-14-4-1-5-15-30/h2-3,7,9-10,12-13,18,21,24-25,28H,1,4-6,8,11,14-17,19-20,29H2/t21?,24-,25+,28+/m1/s1. The average Bonchev–Trinajstić information content (AvgIpc) is 3.12. The van der Waals surface area contributed by atoms with Crippen molar-refractivity contribution in [3.8, 4) is 5.75 Å². The summed E-state index contributed by atoms with van der Waals surface area (Å²) in [5, 5.41) is 0. The normalized spacial score (nSPS) is 28.9. The van der Waals surface area contributed by atoms with Crippen LogP contribution in [0, 0.1) is 11.8 Å². The summed E-state index contributed by atoms with van der Waals surface area (Å²) in [6, 6.07) is 18.2. The number of hydrogen-bond donors (Lipinski definition) is 1. The van der Waals surface area contributed by atoms with Crippen molar-refractivity contribution in [2.24, 2.45) is 17.6 Å². The molecule has 2 aromatic rings. The first-order valence-electron chi connectivity index (χ1n) is 12.6. The van der Waals surface area contributed by atoms with Gasteiger partial charge in [0.1, 0.15) is 11.9 Å². The van der Waals surface area contributed by atoms with Crippen molar-refractivity contribution in [3.63, 3.8) is 0 Å². The predicted octanol–water partition coefficient (Wildman–Crippen LogP) is 5.87. The summed E-state index contributed by atoms with van der Waals surface area (Å²) >= 11 is 0. The van der Waals surface area contributed by atoms with Gasteiger partial charge in [-0.1, -0.05) is 55.7 Å². The zero-order valence-electron chi connectivity index (χ0n) is 18.8. The number of nitrogens with zero attached hydrogens (tertiary/aromatic N) is 1. The van der Waals surface area contributed by atoms with E-state index in [-0.39, 0.29) is 6.10 Å². The second kappa shape index (κ2) is 9.75. The van der Waals surface area contributed by atoms with Crippen molar-refractivity contribution in [2.75, 3.05) is 13.1 Å². The molecular formula is C28H38N2O. The predicted molar refractivity (Wildman–Crippen MR) is 127 cm³/mol. The fourth-order valence-electron chi connectivity index (χ4n) is 6.22. The molecule has 1 saturated carbocycles. The summed E-state index contributed by atoms with van der Waals surface area (Å²) in [6.45, 7) is 3.50. The Morgan fingerprint density at radius 2 is 1.81 bits per heavy atom. The minimum atomic E-state index is 0.166. The Labute approximate surface area is 188 Å². The van der Waals surface area contributed by atoms with Crippen LogP contribution in [0.25, 0.3) is 0 Å². The van der Waals surface area contributed by atoms with Gasteiger partial charge in [-0.2, -0.15) is 0 Å². The molecule has 1 aliphatic heterocycles. The van der Waals surface area contributed by atoms with Gasteiger partial charge < -0.3 is 10.5 Å². The van der Waals surface area contributed by atoms with Crippen LogP contribution in [-0.2, 0) is 13.0 Å². The molecule has 166 valence electrons. The van der Waals surface area contributed by atoms with Gasteiger partial charge in [-0.05, 0) is 86.4 Å². The second-order valence-corrected chi connectivity index (χ2v) is 10.2. The van der Waals surface area contributed by atoms with Crippen molar-refractivity contribution in [1.29, 1.82) is 0 Å². The van der Waals surface area contributed by atoms with Crippen LogP contribution in [0.1, 0.15) is 74.2 Å². The zero-order chi connectivity index (χ0) is 21.0. The van der Waals surface area contributed by atoms with Crippen molar-refractivity contribution in [1.82, 2.24) is 4.90 Å². The maximum atomic E-state index is 6.76. The summed E-state index contributed by atoms with van der Waals surface area (Å²) in [5.74, 6) is 2.33. The van der Waals surface area contributed by atoms with E-state index in [2.05, 4.69) is 53.4 Å². The second-order valence-electron chi connectivity index (χ2n) is 10.2. The van der Waals surface area contributed by atoms with Gasteiger partial charge in [-0.15, -0.1) is 0 Å². The summed E-state index contributed by atoms with van der Waals surface area (Å²) in [7, 11) is 0. The molecule has 4 atom stereocenters. The van der Waals surface area contributed by atoms with Crippen LogP contribution in [-0.4, -0.2) is 24.0 Å². The Balaban J connectivity index is 1.31. The molecule has 0 spiro atoms. The van der Waals surface area contributed by atoms with Crippen LogP contribution in [0.4, 0.5) is 0 Å². The number of benzene rings is 2. The highest BCUT2D eigenvalue weighted by molar-refractivity contribution is 5.37. The Bertz CT molecular complexity index is 860. The number of hydrogen-bond acceptors (Lipinski definition) is 3. The number of rotatable bonds is 6. The summed E-state index contributed by atoms with van der Waals surface area (Å²) in [5.41, 5.74) is 10.5. The quantitative estimate of drug-likeness (QED) is 0.637. The lowest BCUT2D eigenvalue weighted by Crippen LogP contribution is -2.30. The molecule has 31 heavy (non-hydrogen) atoms. The number of piperidine rings is 1. The third-order valence-corrected chi connectivity index (χ3v) is 7.75. The van der Waals surface area contributed by atoms with Crippen LogP contribution in [0.5, 0.6) is 5.75 Å². The van der Waals surface area contributed by atoms with Crippen LogP contribution in [0.2, 0.25) is 0 Å². The zero-order valence-corrected chi connectivity index (χ0v) is 18.8. The molecule has 2 aliphatic carbocycles. The summed E-state index contributed by atoms with van der Waals surface area (Å²) in [4.78, 5) is 2.59. The molecule has 3 heteroatoms. The van der Waals surface area contributed by atoms with Crippen molar-refractivity contribution >= 4 is 0 Å². The van der Waals surface area contributed by atoms with Crippen LogP contribution in [0.15, 0.2) is 48.5 Å². The van der Waals surface area contributed by atoms with Gasteiger partial charge in [0.05, 0.1) is 0 Å². The molecule has 2 aromatic carbocycles. The maximum absolute atomic E-state index is 6.76. The highest BCUT2D eigenvalue weighted by Crippen LogP contribution is 2.44. The molecule has 0 bridgehead atoms. The van der Waals surface area contributed by atoms with Crippen molar-refractivity contribution < 1.29 is 4.74 Å². The van der Waals surface area contributed by atoms with E-state index < -0.39 is 0 Å². The van der Waals surface area contributed by atoms with Crippen LogP contribution in [0.3, 0.4) is 0 Å². The van der Waals surface area contributed by atoms with E-state index in [9.17, 15) is 0 Å². The van der Waals surface area contributed by atoms with Gasteiger partial charge in [0, 0.05) is 18.5 Å². The van der Waals surface area contributed by atoms with E-state index in [0.29, 0.717) is 12.0 Å². The Kier molecular flexibility index (Phi) is 6.61. The molecule has 0 radical (unpaired) electrons. The largest absolute Gasteiger partial charge is 0.485 e. The minimum absolute atomic E-state index is 0.166.